The smallest absolute Gasteiger partial charge is 0.221 e. The number of nitriles is 2. The minimum absolute atomic E-state index is 0.00501. The van der Waals surface area contributed by atoms with Crippen LogP contribution >= 0.6 is 0 Å². The second kappa shape index (κ2) is 9.29. The predicted octanol–water partition coefficient (Wildman–Crippen LogP) is 4.24. The molecular formula is C27H17N9. The van der Waals surface area contributed by atoms with E-state index in [1.165, 1.54) is 0 Å². The summed E-state index contributed by atoms with van der Waals surface area (Å²) in [5.74, 6) is 0.0100. The Morgan fingerprint density at radius 3 is 1.25 bits per heavy atom. The third-order valence-corrected chi connectivity index (χ3v) is 5.41. The van der Waals surface area contributed by atoms with E-state index in [9.17, 15) is 10.5 Å². The van der Waals surface area contributed by atoms with Gasteiger partial charge in [-0.2, -0.15) is 10.5 Å². The van der Waals surface area contributed by atoms with Crippen LogP contribution < -0.4 is 11.5 Å². The average Bonchev–Trinajstić information content (AvgIpc) is 2.93. The zero-order valence-corrected chi connectivity index (χ0v) is 18.8. The van der Waals surface area contributed by atoms with Crippen molar-refractivity contribution in [2.45, 2.75) is 0 Å². The summed E-state index contributed by atoms with van der Waals surface area (Å²) in [6, 6.07) is 28.0. The van der Waals surface area contributed by atoms with Gasteiger partial charge in [0.2, 0.25) is 11.9 Å². The highest BCUT2D eigenvalue weighted by molar-refractivity contribution is 5.80. The highest BCUT2D eigenvalue weighted by Crippen LogP contribution is 2.32. The number of rotatable bonds is 4. The molecule has 170 valence electrons. The normalized spacial score (nSPS) is 10.4. The lowest BCUT2D eigenvalue weighted by molar-refractivity contribution is 1.14. The molecule has 0 bridgehead atoms. The summed E-state index contributed by atoms with van der Waals surface area (Å²) in [6.07, 6.45) is 0. The molecule has 0 saturated heterocycles. The fourth-order valence-electron chi connectivity index (χ4n) is 3.85. The quantitative estimate of drug-likeness (QED) is 0.393. The van der Waals surface area contributed by atoms with Gasteiger partial charge in [0.15, 0.2) is 0 Å². The van der Waals surface area contributed by atoms with Crippen LogP contribution in [-0.2, 0) is 0 Å². The Morgan fingerprint density at radius 1 is 0.472 bits per heavy atom. The van der Waals surface area contributed by atoms with Gasteiger partial charge in [0, 0.05) is 11.1 Å². The first-order chi connectivity index (χ1) is 17.6. The highest BCUT2D eigenvalue weighted by atomic mass is 15.0. The van der Waals surface area contributed by atoms with E-state index in [4.69, 9.17) is 11.5 Å². The summed E-state index contributed by atoms with van der Waals surface area (Å²) in [5.41, 5.74) is 16.0. The number of nitrogen functional groups attached to an aromatic ring is 2. The summed E-state index contributed by atoms with van der Waals surface area (Å²) in [4.78, 5) is 21.9. The lowest BCUT2D eigenvalue weighted by Crippen LogP contribution is -2.06. The van der Waals surface area contributed by atoms with Gasteiger partial charge in [0.05, 0.1) is 22.8 Å². The number of nitrogens with zero attached hydrogens (tertiary/aromatic N) is 7. The standard InChI is InChI=1S/C27H17N9/c28-14-18-22(16-8-3-1-4-9-16)33-26(30)35-24(18)20-12-7-13-21(32-20)25-19(15-29)23(34-27(31)36-25)17-10-5-2-6-11-17/h1-13H,(H2,30,33,35)(H2,31,34,36). The van der Waals surface area contributed by atoms with Crippen molar-refractivity contribution in [1.29, 1.82) is 10.5 Å². The van der Waals surface area contributed by atoms with Crippen LogP contribution in [0.4, 0.5) is 11.9 Å². The fraction of sp³-hybridized carbons (Fsp3) is 0. The molecule has 2 aromatic carbocycles. The topological polar surface area (TPSA) is 164 Å². The predicted molar refractivity (Wildman–Crippen MR) is 135 cm³/mol. The number of hydrogen-bond acceptors (Lipinski definition) is 9. The van der Waals surface area contributed by atoms with Crippen LogP contribution in [0.15, 0.2) is 78.9 Å². The summed E-state index contributed by atoms with van der Waals surface area (Å²) in [5, 5.41) is 20.0. The van der Waals surface area contributed by atoms with E-state index >= 15 is 0 Å². The molecule has 0 aliphatic carbocycles. The first-order valence-electron chi connectivity index (χ1n) is 10.8. The molecule has 0 spiro atoms. The second-order valence-electron chi connectivity index (χ2n) is 7.67. The lowest BCUT2D eigenvalue weighted by atomic mass is 10.0. The molecule has 9 heteroatoms. The number of aromatic nitrogens is 5. The van der Waals surface area contributed by atoms with Crippen molar-refractivity contribution in [2.75, 3.05) is 11.5 Å². The molecule has 0 amide bonds. The van der Waals surface area contributed by atoms with Crippen LogP contribution in [0, 0.1) is 22.7 Å². The molecule has 5 aromatic rings. The Kier molecular flexibility index (Phi) is 5.71. The minimum Gasteiger partial charge on any atom is -0.368 e. The van der Waals surface area contributed by atoms with Crippen molar-refractivity contribution in [3.63, 3.8) is 0 Å². The van der Waals surface area contributed by atoms with Gasteiger partial charge in [-0.05, 0) is 12.1 Å². The average molecular weight is 467 g/mol. The molecule has 5 rings (SSSR count). The van der Waals surface area contributed by atoms with Gasteiger partial charge < -0.3 is 11.5 Å². The summed E-state index contributed by atoms with van der Waals surface area (Å²) >= 11 is 0. The molecule has 3 heterocycles. The number of hydrogen-bond donors (Lipinski definition) is 2. The second-order valence-corrected chi connectivity index (χ2v) is 7.67. The maximum absolute atomic E-state index is 10.0. The number of anilines is 2. The Labute approximate surface area is 206 Å². The summed E-state index contributed by atoms with van der Waals surface area (Å²) in [6.45, 7) is 0. The third kappa shape index (κ3) is 4.04. The molecular weight excluding hydrogens is 450 g/mol. The fourth-order valence-corrected chi connectivity index (χ4v) is 3.85. The third-order valence-electron chi connectivity index (χ3n) is 5.41. The van der Waals surface area contributed by atoms with E-state index in [1.807, 2.05) is 60.7 Å². The van der Waals surface area contributed by atoms with Crippen molar-refractivity contribution >= 4 is 11.9 Å². The molecule has 0 radical (unpaired) electrons. The monoisotopic (exact) mass is 467 g/mol. The van der Waals surface area contributed by atoms with E-state index in [-0.39, 0.29) is 34.4 Å². The van der Waals surface area contributed by atoms with Crippen LogP contribution in [0.1, 0.15) is 11.1 Å². The van der Waals surface area contributed by atoms with Gasteiger partial charge in [-0.25, -0.2) is 24.9 Å². The van der Waals surface area contributed by atoms with E-state index in [1.54, 1.807) is 18.2 Å². The Bertz CT molecular complexity index is 1550. The number of nitrogens with two attached hydrogens (primary N) is 2. The molecule has 4 N–H and O–H groups in total. The van der Waals surface area contributed by atoms with Gasteiger partial charge in [0.1, 0.15) is 34.7 Å². The zero-order chi connectivity index (χ0) is 25.1. The van der Waals surface area contributed by atoms with Crippen LogP contribution in [0.2, 0.25) is 0 Å². The lowest BCUT2D eigenvalue weighted by Gasteiger charge is -2.12. The molecule has 9 nitrogen and oxygen atoms in total. The number of benzene rings is 2. The SMILES string of the molecule is N#Cc1c(-c2ccccc2)nc(N)nc1-c1cccc(-c2nc(N)nc(-c3ccccc3)c2C#N)n1. The zero-order valence-electron chi connectivity index (χ0n) is 18.8. The molecule has 0 unspecified atom stereocenters. The minimum atomic E-state index is 0.00501. The van der Waals surface area contributed by atoms with E-state index in [0.29, 0.717) is 22.8 Å². The molecule has 0 fully saturated rings. The summed E-state index contributed by atoms with van der Waals surface area (Å²) in [7, 11) is 0. The Balaban J connectivity index is 1.70. The highest BCUT2D eigenvalue weighted by Gasteiger charge is 2.21. The van der Waals surface area contributed by atoms with E-state index in [2.05, 4.69) is 37.1 Å². The molecule has 3 aromatic heterocycles. The Morgan fingerprint density at radius 2 is 0.861 bits per heavy atom. The molecule has 0 atom stereocenters. The molecule has 36 heavy (non-hydrogen) atoms. The van der Waals surface area contributed by atoms with Gasteiger partial charge >= 0.3 is 0 Å². The van der Waals surface area contributed by atoms with Gasteiger partial charge in [0.25, 0.3) is 0 Å². The van der Waals surface area contributed by atoms with Crippen molar-refractivity contribution in [3.05, 3.63) is 90.0 Å². The maximum Gasteiger partial charge on any atom is 0.221 e. The number of pyridine rings is 1. The molecule has 0 saturated carbocycles. The van der Waals surface area contributed by atoms with Gasteiger partial charge in [-0.15, -0.1) is 0 Å². The van der Waals surface area contributed by atoms with E-state index in [0.717, 1.165) is 11.1 Å². The van der Waals surface area contributed by atoms with Crippen molar-refractivity contribution in [2.24, 2.45) is 0 Å². The van der Waals surface area contributed by atoms with E-state index < -0.39 is 0 Å². The summed E-state index contributed by atoms with van der Waals surface area (Å²) < 4.78 is 0. The largest absolute Gasteiger partial charge is 0.368 e. The van der Waals surface area contributed by atoms with Crippen LogP contribution in [0.5, 0.6) is 0 Å². The molecule has 0 aliphatic rings. The molecule has 0 aliphatic heterocycles. The van der Waals surface area contributed by atoms with Crippen molar-refractivity contribution in [3.8, 4) is 57.4 Å². The van der Waals surface area contributed by atoms with Gasteiger partial charge in [-0.3, -0.25) is 0 Å². The first kappa shape index (κ1) is 22.1. The maximum atomic E-state index is 10.0. The van der Waals surface area contributed by atoms with Gasteiger partial charge in [-0.1, -0.05) is 66.7 Å². The van der Waals surface area contributed by atoms with Crippen LogP contribution in [-0.4, -0.2) is 24.9 Å². The first-order valence-corrected chi connectivity index (χ1v) is 10.8. The van der Waals surface area contributed by atoms with Crippen LogP contribution in [0.3, 0.4) is 0 Å². The Hall–Kier alpha value is -5.67. The van der Waals surface area contributed by atoms with Crippen molar-refractivity contribution < 1.29 is 0 Å². The van der Waals surface area contributed by atoms with Crippen molar-refractivity contribution in [1.82, 2.24) is 24.9 Å². The van der Waals surface area contributed by atoms with Crippen LogP contribution in [0.25, 0.3) is 45.3 Å².